The SMILES string of the molecule is Cc1cc(C(=O)Nc2nnc(C(C)C)s2)c2c(C)noc2n1. The molecule has 0 aromatic carbocycles. The number of aromatic nitrogens is 4. The van der Waals surface area contributed by atoms with E-state index in [1.54, 1.807) is 19.9 Å². The van der Waals surface area contributed by atoms with Gasteiger partial charge in [-0.3, -0.25) is 10.1 Å². The van der Waals surface area contributed by atoms with Crippen molar-refractivity contribution in [3.63, 3.8) is 0 Å². The van der Waals surface area contributed by atoms with E-state index < -0.39 is 0 Å². The number of pyridine rings is 1. The average molecular weight is 317 g/mol. The second-order valence-electron chi connectivity index (χ2n) is 5.31. The van der Waals surface area contributed by atoms with Gasteiger partial charge in [-0.25, -0.2) is 4.98 Å². The number of anilines is 1. The fraction of sp³-hybridized carbons (Fsp3) is 0.357. The van der Waals surface area contributed by atoms with E-state index in [0.29, 0.717) is 33.2 Å². The molecule has 0 radical (unpaired) electrons. The van der Waals surface area contributed by atoms with E-state index in [0.717, 1.165) is 5.01 Å². The standard InChI is InChI=1S/C14H15N5O2S/c1-6(2)13-17-18-14(22-13)16-11(20)9-5-7(3)15-12-10(9)8(4)19-21-12/h5-6H,1-4H3,(H,16,18,20). The fourth-order valence-electron chi connectivity index (χ4n) is 2.08. The van der Waals surface area contributed by atoms with Crippen molar-refractivity contribution < 1.29 is 9.32 Å². The highest BCUT2D eigenvalue weighted by Gasteiger charge is 2.19. The summed E-state index contributed by atoms with van der Waals surface area (Å²) in [6, 6.07) is 1.71. The number of hydrogen-bond donors (Lipinski definition) is 1. The predicted octanol–water partition coefficient (Wildman–Crippen LogP) is 3.07. The van der Waals surface area contributed by atoms with E-state index in [4.69, 9.17) is 4.52 Å². The predicted molar refractivity (Wildman–Crippen MR) is 83.2 cm³/mol. The van der Waals surface area contributed by atoms with E-state index in [-0.39, 0.29) is 11.8 Å². The molecule has 0 fully saturated rings. The molecule has 0 aliphatic rings. The van der Waals surface area contributed by atoms with Crippen LogP contribution in [0.1, 0.15) is 46.5 Å². The molecule has 0 saturated heterocycles. The summed E-state index contributed by atoms with van der Waals surface area (Å²) in [5.74, 6) is 0.00611. The monoisotopic (exact) mass is 317 g/mol. The molecule has 7 nitrogen and oxygen atoms in total. The molecule has 114 valence electrons. The number of rotatable bonds is 3. The number of aryl methyl sites for hydroxylation is 2. The second kappa shape index (κ2) is 5.45. The largest absolute Gasteiger partial charge is 0.336 e. The molecule has 0 aliphatic heterocycles. The van der Waals surface area contributed by atoms with Gasteiger partial charge in [0, 0.05) is 11.6 Å². The molecule has 0 spiro atoms. The number of nitrogens with zero attached hydrogens (tertiary/aromatic N) is 4. The minimum atomic E-state index is -0.270. The average Bonchev–Trinajstić information content (AvgIpc) is 3.05. The van der Waals surface area contributed by atoms with Crippen LogP contribution < -0.4 is 5.32 Å². The molecule has 22 heavy (non-hydrogen) atoms. The van der Waals surface area contributed by atoms with E-state index >= 15 is 0 Å². The van der Waals surface area contributed by atoms with E-state index in [1.165, 1.54) is 11.3 Å². The van der Waals surface area contributed by atoms with Crippen LogP contribution in [0.4, 0.5) is 5.13 Å². The number of nitrogens with one attached hydrogen (secondary N) is 1. The molecular formula is C14H15N5O2S. The molecule has 3 heterocycles. The minimum absolute atomic E-state index is 0.270. The topological polar surface area (TPSA) is 93.8 Å². The summed E-state index contributed by atoms with van der Waals surface area (Å²) in [6.07, 6.45) is 0. The Labute approximate surface area is 130 Å². The maximum Gasteiger partial charge on any atom is 0.258 e. The van der Waals surface area contributed by atoms with Crippen LogP contribution in [0.25, 0.3) is 11.1 Å². The van der Waals surface area contributed by atoms with Gasteiger partial charge in [0.25, 0.3) is 11.6 Å². The third kappa shape index (κ3) is 2.57. The zero-order chi connectivity index (χ0) is 15.9. The van der Waals surface area contributed by atoms with Gasteiger partial charge >= 0.3 is 0 Å². The van der Waals surface area contributed by atoms with Crippen molar-refractivity contribution in [1.82, 2.24) is 20.3 Å². The highest BCUT2D eigenvalue weighted by atomic mass is 32.1. The molecule has 3 aromatic heterocycles. The van der Waals surface area contributed by atoms with Gasteiger partial charge in [0.15, 0.2) is 0 Å². The Kier molecular flexibility index (Phi) is 3.61. The van der Waals surface area contributed by atoms with Crippen LogP contribution in [0.3, 0.4) is 0 Å². The minimum Gasteiger partial charge on any atom is -0.336 e. The summed E-state index contributed by atoms with van der Waals surface area (Å²) in [6.45, 7) is 7.64. The Balaban J connectivity index is 1.96. The maximum atomic E-state index is 12.5. The number of hydrogen-bond acceptors (Lipinski definition) is 7. The quantitative estimate of drug-likeness (QED) is 0.798. The van der Waals surface area contributed by atoms with E-state index in [9.17, 15) is 4.79 Å². The van der Waals surface area contributed by atoms with Crippen molar-refractivity contribution in [2.45, 2.75) is 33.6 Å². The summed E-state index contributed by atoms with van der Waals surface area (Å²) >= 11 is 1.37. The van der Waals surface area contributed by atoms with Gasteiger partial charge in [-0.15, -0.1) is 10.2 Å². The zero-order valence-corrected chi connectivity index (χ0v) is 13.5. The summed E-state index contributed by atoms with van der Waals surface area (Å²) in [4.78, 5) is 16.8. The lowest BCUT2D eigenvalue weighted by molar-refractivity contribution is 0.102. The van der Waals surface area contributed by atoms with Gasteiger partial charge in [0.05, 0.1) is 16.6 Å². The smallest absolute Gasteiger partial charge is 0.258 e. The molecule has 3 aromatic rings. The second-order valence-corrected chi connectivity index (χ2v) is 6.32. The Morgan fingerprint density at radius 2 is 2.09 bits per heavy atom. The molecular weight excluding hydrogens is 302 g/mol. The first-order valence-corrected chi connectivity index (χ1v) is 7.65. The molecule has 0 saturated carbocycles. The van der Waals surface area contributed by atoms with Gasteiger partial charge in [-0.1, -0.05) is 30.3 Å². The molecule has 3 rings (SSSR count). The number of carbonyl (C=O) groups is 1. The third-order valence-electron chi connectivity index (χ3n) is 3.14. The van der Waals surface area contributed by atoms with Gasteiger partial charge in [0.2, 0.25) is 5.13 Å². The normalized spacial score (nSPS) is 11.3. The number of amides is 1. The number of carbonyl (C=O) groups excluding carboxylic acids is 1. The van der Waals surface area contributed by atoms with Crippen LogP contribution in [0.5, 0.6) is 0 Å². The molecule has 0 atom stereocenters. The molecule has 0 unspecified atom stereocenters. The van der Waals surface area contributed by atoms with E-state index in [2.05, 4.69) is 25.7 Å². The van der Waals surface area contributed by atoms with E-state index in [1.807, 2.05) is 13.8 Å². The molecule has 8 heteroatoms. The first-order chi connectivity index (χ1) is 10.5. The maximum absolute atomic E-state index is 12.5. The lowest BCUT2D eigenvalue weighted by Crippen LogP contribution is -2.13. The molecule has 1 amide bonds. The van der Waals surface area contributed by atoms with Gasteiger partial charge in [0.1, 0.15) is 5.01 Å². The Hall–Kier alpha value is -2.35. The van der Waals surface area contributed by atoms with Crippen LogP contribution >= 0.6 is 11.3 Å². The lowest BCUT2D eigenvalue weighted by atomic mass is 10.1. The van der Waals surface area contributed by atoms with Crippen LogP contribution in [0.15, 0.2) is 10.6 Å². The Morgan fingerprint density at radius 3 is 2.77 bits per heavy atom. The van der Waals surface area contributed by atoms with Crippen LogP contribution in [0.2, 0.25) is 0 Å². The third-order valence-corrected chi connectivity index (χ3v) is 4.28. The van der Waals surface area contributed by atoms with Crippen LogP contribution in [-0.4, -0.2) is 26.2 Å². The van der Waals surface area contributed by atoms with Gasteiger partial charge in [-0.2, -0.15) is 0 Å². The van der Waals surface area contributed by atoms with Crippen molar-refractivity contribution in [2.24, 2.45) is 0 Å². The fourth-order valence-corrected chi connectivity index (χ4v) is 2.82. The van der Waals surface area contributed by atoms with Crippen molar-refractivity contribution in [1.29, 1.82) is 0 Å². The molecule has 1 N–H and O–H groups in total. The highest BCUT2D eigenvalue weighted by Crippen LogP contribution is 2.25. The van der Waals surface area contributed by atoms with Crippen LogP contribution in [0, 0.1) is 13.8 Å². The zero-order valence-electron chi connectivity index (χ0n) is 12.7. The summed E-state index contributed by atoms with van der Waals surface area (Å²) < 4.78 is 5.14. The van der Waals surface area contributed by atoms with Crippen molar-refractivity contribution in [2.75, 3.05) is 5.32 Å². The summed E-state index contributed by atoms with van der Waals surface area (Å²) in [7, 11) is 0. The highest BCUT2D eigenvalue weighted by molar-refractivity contribution is 7.15. The molecule has 0 aliphatic carbocycles. The lowest BCUT2D eigenvalue weighted by Gasteiger charge is -2.03. The van der Waals surface area contributed by atoms with Crippen molar-refractivity contribution >= 4 is 33.5 Å². The Morgan fingerprint density at radius 1 is 1.32 bits per heavy atom. The van der Waals surface area contributed by atoms with Gasteiger partial charge < -0.3 is 4.52 Å². The number of fused-ring (bicyclic) bond motifs is 1. The molecule has 0 bridgehead atoms. The van der Waals surface area contributed by atoms with Crippen LogP contribution in [-0.2, 0) is 0 Å². The summed E-state index contributed by atoms with van der Waals surface area (Å²) in [5.41, 5.74) is 2.16. The first kappa shape index (κ1) is 14.6. The van der Waals surface area contributed by atoms with Crippen molar-refractivity contribution in [3.05, 3.63) is 28.0 Å². The first-order valence-electron chi connectivity index (χ1n) is 6.84. The summed E-state index contributed by atoms with van der Waals surface area (Å²) in [5, 5.41) is 16.7. The van der Waals surface area contributed by atoms with Gasteiger partial charge in [-0.05, 0) is 19.9 Å². The van der Waals surface area contributed by atoms with Crippen molar-refractivity contribution in [3.8, 4) is 0 Å². The Bertz CT molecular complexity index is 852.